The average molecular weight is 410 g/mol. The summed E-state index contributed by atoms with van der Waals surface area (Å²) < 4.78 is 9.72. The molecule has 0 saturated carbocycles. The number of anilines is 1. The van der Waals surface area contributed by atoms with Crippen molar-refractivity contribution in [3.05, 3.63) is 65.2 Å². The fraction of sp³-hybridized carbons (Fsp3) is 0.273. The standard InChI is InChI=1S/C22H22N2O6/c1-29-22(28)17-5-2-3-6-18(17)23-19(25)14-30-21(27)16-10-8-15(9-11-16)13-24-12-4-7-20(24)26/h2-3,5-6,8-11H,4,7,12-14H2,1H3,(H,23,25). The topological polar surface area (TPSA) is 102 Å². The van der Waals surface area contributed by atoms with Crippen LogP contribution in [0.1, 0.15) is 39.1 Å². The number of carbonyl (C=O) groups is 4. The monoisotopic (exact) mass is 410 g/mol. The third kappa shape index (κ3) is 5.22. The average Bonchev–Trinajstić information content (AvgIpc) is 3.16. The van der Waals surface area contributed by atoms with Gasteiger partial charge in [0.1, 0.15) is 0 Å². The predicted octanol–water partition coefficient (Wildman–Crippen LogP) is 2.39. The summed E-state index contributed by atoms with van der Waals surface area (Å²) in [7, 11) is 1.25. The van der Waals surface area contributed by atoms with Crippen molar-refractivity contribution >= 4 is 29.4 Å². The number of nitrogens with one attached hydrogen (secondary N) is 1. The number of rotatable bonds is 7. The van der Waals surface area contributed by atoms with Gasteiger partial charge in [0, 0.05) is 19.5 Å². The Balaban J connectivity index is 1.52. The molecular weight excluding hydrogens is 388 g/mol. The van der Waals surface area contributed by atoms with Gasteiger partial charge in [0.2, 0.25) is 5.91 Å². The van der Waals surface area contributed by atoms with Gasteiger partial charge in [-0.3, -0.25) is 9.59 Å². The fourth-order valence-corrected chi connectivity index (χ4v) is 3.12. The van der Waals surface area contributed by atoms with Crippen molar-refractivity contribution in [3.8, 4) is 0 Å². The molecule has 1 heterocycles. The van der Waals surface area contributed by atoms with E-state index in [1.807, 2.05) is 0 Å². The van der Waals surface area contributed by atoms with Crippen LogP contribution in [0, 0.1) is 0 Å². The lowest BCUT2D eigenvalue weighted by Gasteiger charge is -2.15. The Bertz CT molecular complexity index is 954. The molecular formula is C22H22N2O6. The molecule has 1 aliphatic heterocycles. The van der Waals surface area contributed by atoms with Crippen LogP contribution in [0.15, 0.2) is 48.5 Å². The molecule has 0 radical (unpaired) electrons. The second-order valence-electron chi connectivity index (χ2n) is 6.78. The van der Waals surface area contributed by atoms with Crippen LogP contribution < -0.4 is 5.32 Å². The third-order valence-corrected chi connectivity index (χ3v) is 4.68. The highest BCUT2D eigenvalue weighted by atomic mass is 16.5. The molecule has 8 nitrogen and oxygen atoms in total. The lowest BCUT2D eigenvalue weighted by atomic mass is 10.1. The van der Waals surface area contributed by atoms with Gasteiger partial charge in [-0.15, -0.1) is 0 Å². The molecule has 1 fully saturated rings. The first-order valence-corrected chi connectivity index (χ1v) is 9.49. The van der Waals surface area contributed by atoms with Crippen molar-refractivity contribution in [1.82, 2.24) is 4.90 Å². The van der Waals surface area contributed by atoms with E-state index in [1.54, 1.807) is 47.4 Å². The SMILES string of the molecule is COC(=O)c1ccccc1NC(=O)COC(=O)c1ccc(CN2CCCC2=O)cc1. The van der Waals surface area contributed by atoms with E-state index in [1.165, 1.54) is 13.2 Å². The number of methoxy groups -OCH3 is 1. The number of nitrogens with zero attached hydrogens (tertiary/aromatic N) is 1. The molecule has 8 heteroatoms. The molecule has 2 aromatic rings. The van der Waals surface area contributed by atoms with E-state index in [2.05, 4.69) is 10.1 Å². The highest BCUT2D eigenvalue weighted by molar-refractivity contribution is 6.02. The minimum absolute atomic E-state index is 0.137. The van der Waals surface area contributed by atoms with Crippen LogP contribution in [-0.4, -0.2) is 48.9 Å². The second kappa shape index (κ2) is 9.69. The zero-order valence-electron chi connectivity index (χ0n) is 16.6. The van der Waals surface area contributed by atoms with Gasteiger partial charge in [-0.05, 0) is 36.2 Å². The minimum Gasteiger partial charge on any atom is -0.465 e. The Morgan fingerprint density at radius 2 is 1.77 bits per heavy atom. The molecule has 0 unspecified atom stereocenters. The molecule has 1 saturated heterocycles. The molecule has 1 aliphatic rings. The fourth-order valence-electron chi connectivity index (χ4n) is 3.12. The summed E-state index contributed by atoms with van der Waals surface area (Å²) in [6, 6.07) is 13.1. The summed E-state index contributed by atoms with van der Waals surface area (Å²) in [5.41, 5.74) is 1.69. The molecule has 0 aliphatic carbocycles. The van der Waals surface area contributed by atoms with E-state index in [9.17, 15) is 19.2 Å². The summed E-state index contributed by atoms with van der Waals surface area (Å²) in [4.78, 5) is 49.5. The Morgan fingerprint density at radius 1 is 1.03 bits per heavy atom. The van der Waals surface area contributed by atoms with E-state index in [-0.39, 0.29) is 17.2 Å². The zero-order chi connectivity index (χ0) is 21.5. The Labute approximate surface area is 173 Å². The maximum Gasteiger partial charge on any atom is 0.339 e. The van der Waals surface area contributed by atoms with Crippen LogP contribution >= 0.6 is 0 Å². The van der Waals surface area contributed by atoms with E-state index in [0.29, 0.717) is 18.5 Å². The third-order valence-electron chi connectivity index (χ3n) is 4.68. The molecule has 0 spiro atoms. The smallest absolute Gasteiger partial charge is 0.339 e. The van der Waals surface area contributed by atoms with E-state index in [0.717, 1.165) is 18.5 Å². The maximum absolute atomic E-state index is 12.2. The van der Waals surface area contributed by atoms with Gasteiger partial charge in [-0.25, -0.2) is 9.59 Å². The van der Waals surface area contributed by atoms with Gasteiger partial charge in [0.15, 0.2) is 6.61 Å². The van der Waals surface area contributed by atoms with Crippen molar-refractivity contribution < 1.29 is 28.7 Å². The first-order valence-electron chi connectivity index (χ1n) is 9.49. The lowest BCUT2D eigenvalue weighted by molar-refractivity contribution is -0.128. The summed E-state index contributed by atoms with van der Waals surface area (Å²) in [6.07, 6.45) is 1.45. The number of amides is 2. The minimum atomic E-state index is -0.643. The van der Waals surface area contributed by atoms with Gasteiger partial charge < -0.3 is 19.7 Å². The highest BCUT2D eigenvalue weighted by Crippen LogP contribution is 2.17. The number of carbonyl (C=O) groups excluding carboxylic acids is 4. The Morgan fingerprint density at radius 3 is 2.43 bits per heavy atom. The van der Waals surface area contributed by atoms with E-state index >= 15 is 0 Å². The summed E-state index contributed by atoms with van der Waals surface area (Å²) >= 11 is 0. The van der Waals surface area contributed by atoms with Crippen LogP contribution in [0.2, 0.25) is 0 Å². The van der Waals surface area contributed by atoms with Gasteiger partial charge in [-0.2, -0.15) is 0 Å². The van der Waals surface area contributed by atoms with Crippen LogP contribution in [0.25, 0.3) is 0 Å². The lowest BCUT2D eigenvalue weighted by Crippen LogP contribution is -2.24. The van der Waals surface area contributed by atoms with Crippen molar-refractivity contribution in [2.24, 2.45) is 0 Å². The normalized spacial score (nSPS) is 13.1. The van der Waals surface area contributed by atoms with E-state index in [4.69, 9.17) is 4.74 Å². The van der Waals surface area contributed by atoms with Crippen molar-refractivity contribution in [2.45, 2.75) is 19.4 Å². The quantitative estimate of drug-likeness (QED) is 0.704. The number of esters is 2. The number of hydrogen-bond donors (Lipinski definition) is 1. The van der Waals surface area contributed by atoms with Gasteiger partial charge in [-0.1, -0.05) is 24.3 Å². The van der Waals surface area contributed by atoms with Crippen LogP contribution in [0.5, 0.6) is 0 Å². The predicted molar refractivity (Wildman–Crippen MR) is 108 cm³/mol. The van der Waals surface area contributed by atoms with Crippen molar-refractivity contribution in [1.29, 1.82) is 0 Å². The number of benzene rings is 2. The number of likely N-dealkylation sites (tertiary alicyclic amines) is 1. The number of ether oxygens (including phenoxy) is 2. The summed E-state index contributed by atoms with van der Waals surface area (Å²) in [5.74, 6) is -1.67. The van der Waals surface area contributed by atoms with Gasteiger partial charge in [0.05, 0.1) is 23.9 Å². The molecule has 156 valence electrons. The molecule has 3 rings (SSSR count). The first kappa shape index (κ1) is 21.0. The largest absolute Gasteiger partial charge is 0.465 e. The highest BCUT2D eigenvalue weighted by Gasteiger charge is 2.20. The van der Waals surface area contributed by atoms with Gasteiger partial charge >= 0.3 is 11.9 Å². The zero-order valence-corrected chi connectivity index (χ0v) is 16.6. The molecule has 30 heavy (non-hydrogen) atoms. The van der Waals surface area contributed by atoms with Crippen LogP contribution in [-0.2, 0) is 25.6 Å². The Kier molecular flexibility index (Phi) is 6.79. The maximum atomic E-state index is 12.2. The van der Waals surface area contributed by atoms with E-state index < -0.39 is 24.5 Å². The summed E-state index contributed by atoms with van der Waals surface area (Å²) in [6.45, 7) is 0.755. The molecule has 0 bridgehead atoms. The molecule has 1 N–H and O–H groups in total. The summed E-state index contributed by atoms with van der Waals surface area (Å²) in [5, 5.41) is 2.53. The van der Waals surface area contributed by atoms with Crippen LogP contribution in [0.4, 0.5) is 5.69 Å². The molecule has 2 aromatic carbocycles. The van der Waals surface area contributed by atoms with Crippen molar-refractivity contribution in [3.63, 3.8) is 0 Å². The first-order chi connectivity index (χ1) is 14.5. The van der Waals surface area contributed by atoms with Gasteiger partial charge in [0.25, 0.3) is 5.91 Å². The van der Waals surface area contributed by atoms with Crippen molar-refractivity contribution in [2.75, 3.05) is 25.6 Å². The molecule has 0 atom stereocenters. The second-order valence-corrected chi connectivity index (χ2v) is 6.78. The number of para-hydroxylation sites is 1. The molecule has 2 amide bonds. The molecule has 0 aromatic heterocycles. The number of hydrogen-bond acceptors (Lipinski definition) is 6. The Hall–Kier alpha value is -3.68. The van der Waals surface area contributed by atoms with Crippen LogP contribution in [0.3, 0.4) is 0 Å².